The van der Waals surface area contributed by atoms with Crippen LogP contribution in [0.3, 0.4) is 0 Å². The summed E-state index contributed by atoms with van der Waals surface area (Å²) in [7, 11) is -1.26. The summed E-state index contributed by atoms with van der Waals surface area (Å²) >= 11 is 1.49. The lowest BCUT2D eigenvalue weighted by molar-refractivity contribution is -0.117. The maximum Gasteiger partial charge on any atom is 0.226 e. The summed E-state index contributed by atoms with van der Waals surface area (Å²) in [6.07, 6.45) is 7.51. The monoisotopic (exact) mass is 460 g/mol. The van der Waals surface area contributed by atoms with Gasteiger partial charge < -0.3 is 10.6 Å². The number of rotatable bonds is 7. The molecule has 1 saturated carbocycles. The van der Waals surface area contributed by atoms with Crippen molar-refractivity contribution in [1.29, 1.82) is 0 Å². The normalized spacial score (nSPS) is 20.6. The van der Waals surface area contributed by atoms with Crippen LogP contribution in [0.4, 0.5) is 5.13 Å². The first-order valence-corrected chi connectivity index (χ1v) is 13.2. The van der Waals surface area contributed by atoms with Gasteiger partial charge >= 0.3 is 0 Å². The number of amides is 1. The predicted molar refractivity (Wildman–Crippen MR) is 128 cm³/mol. The van der Waals surface area contributed by atoms with Crippen molar-refractivity contribution in [3.8, 4) is 10.4 Å². The van der Waals surface area contributed by atoms with Crippen LogP contribution in [0.5, 0.6) is 0 Å². The van der Waals surface area contributed by atoms with Gasteiger partial charge in [-0.25, -0.2) is 13.9 Å². The number of anilines is 1. The minimum absolute atomic E-state index is 0.0585. The second-order valence-corrected chi connectivity index (χ2v) is 11.0. The lowest BCUT2D eigenvalue weighted by atomic mass is 10.0. The van der Waals surface area contributed by atoms with Crippen LogP contribution in [0, 0.1) is 19.8 Å². The molecule has 31 heavy (non-hydrogen) atoms. The van der Waals surface area contributed by atoms with E-state index in [4.69, 9.17) is 0 Å². The highest BCUT2D eigenvalue weighted by atomic mass is 32.2. The smallest absolute Gasteiger partial charge is 0.226 e. The van der Waals surface area contributed by atoms with E-state index in [-0.39, 0.29) is 11.9 Å². The Labute approximate surface area is 191 Å². The number of piperidine rings is 1. The van der Waals surface area contributed by atoms with E-state index in [0.717, 1.165) is 65.4 Å². The molecule has 2 unspecified atom stereocenters. The van der Waals surface area contributed by atoms with E-state index in [9.17, 15) is 9.00 Å². The molecule has 1 aromatic heterocycles. The first-order chi connectivity index (χ1) is 15.0. The van der Waals surface area contributed by atoms with Crippen molar-refractivity contribution in [3.05, 3.63) is 29.5 Å². The van der Waals surface area contributed by atoms with Gasteiger partial charge in [0.2, 0.25) is 5.91 Å². The Bertz CT molecular complexity index is 947. The van der Waals surface area contributed by atoms with Gasteiger partial charge in [0.1, 0.15) is 11.0 Å². The minimum Gasteiger partial charge on any atom is -0.315 e. The van der Waals surface area contributed by atoms with Gasteiger partial charge in [-0.15, -0.1) is 0 Å². The van der Waals surface area contributed by atoms with E-state index in [0.29, 0.717) is 17.5 Å². The van der Waals surface area contributed by atoms with Gasteiger partial charge in [0, 0.05) is 19.0 Å². The van der Waals surface area contributed by atoms with Crippen molar-refractivity contribution in [1.82, 2.24) is 15.0 Å². The van der Waals surface area contributed by atoms with Gasteiger partial charge in [0.05, 0.1) is 15.5 Å². The Balaban J connectivity index is 1.46. The van der Waals surface area contributed by atoms with E-state index in [1.54, 1.807) is 0 Å². The third-order valence-corrected chi connectivity index (χ3v) is 8.72. The van der Waals surface area contributed by atoms with Gasteiger partial charge in [0.25, 0.3) is 0 Å². The highest BCUT2D eigenvalue weighted by molar-refractivity contribution is 7.83. The highest BCUT2D eigenvalue weighted by Gasteiger charge is 2.21. The zero-order chi connectivity index (χ0) is 21.8. The first kappa shape index (κ1) is 22.6. The van der Waals surface area contributed by atoms with Gasteiger partial charge in [-0.1, -0.05) is 36.3 Å². The largest absolute Gasteiger partial charge is 0.315 e. The molecular formula is C23H32N4O2S2. The van der Waals surface area contributed by atoms with Crippen LogP contribution in [0.2, 0.25) is 0 Å². The molecule has 0 radical (unpaired) electrons. The highest BCUT2D eigenvalue weighted by Crippen LogP contribution is 2.35. The molecule has 1 aliphatic heterocycles. The van der Waals surface area contributed by atoms with E-state index >= 15 is 0 Å². The van der Waals surface area contributed by atoms with Gasteiger partial charge in [-0.2, -0.15) is 0 Å². The number of nitrogens with one attached hydrogen (secondary N) is 3. The van der Waals surface area contributed by atoms with Gasteiger partial charge in [-0.3, -0.25) is 4.79 Å². The van der Waals surface area contributed by atoms with Crippen LogP contribution in [-0.2, 0) is 15.8 Å². The number of aryl methyl sites for hydroxylation is 2. The maximum atomic E-state index is 13.0. The average molecular weight is 461 g/mol. The van der Waals surface area contributed by atoms with Crippen molar-refractivity contribution in [2.45, 2.75) is 69.7 Å². The molecule has 6 nitrogen and oxygen atoms in total. The number of aromatic nitrogens is 1. The number of thiazole rings is 1. The maximum absolute atomic E-state index is 13.0. The summed E-state index contributed by atoms with van der Waals surface area (Å²) in [5.74, 6) is 0.574. The fourth-order valence-electron chi connectivity index (χ4n) is 4.47. The lowest BCUT2D eigenvalue weighted by Crippen LogP contribution is -2.43. The Morgan fingerprint density at radius 2 is 2.03 bits per heavy atom. The van der Waals surface area contributed by atoms with E-state index in [2.05, 4.69) is 20.3 Å². The molecule has 2 atom stereocenters. The Morgan fingerprint density at radius 3 is 2.77 bits per heavy atom. The average Bonchev–Trinajstić information content (AvgIpc) is 3.38. The topological polar surface area (TPSA) is 83.1 Å². The number of carbonyl (C=O) groups is 1. The zero-order valence-electron chi connectivity index (χ0n) is 18.3. The van der Waals surface area contributed by atoms with Crippen LogP contribution in [0.25, 0.3) is 10.4 Å². The molecule has 2 aromatic rings. The molecule has 4 rings (SSSR count). The fourth-order valence-corrected chi connectivity index (χ4v) is 6.68. The Kier molecular flexibility index (Phi) is 7.53. The number of nitrogens with zero attached hydrogens (tertiary/aromatic N) is 1. The summed E-state index contributed by atoms with van der Waals surface area (Å²) in [5, 5.41) is 6.99. The van der Waals surface area contributed by atoms with Crippen LogP contribution in [0.1, 0.15) is 56.2 Å². The molecule has 8 heteroatoms. The molecular weight excluding hydrogens is 428 g/mol. The van der Waals surface area contributed by atoms with E-state index < -0.39 is 11.0 Å². The standard InChI is InChI=1S/C23H32N4O2S2/c1-15-9-10-18(13-20(15)31(29)27-19-8-5-11-24-14-19)22-16(2)25-23(30-22)26-21(28)12-17-6-3-4-7-17/h9-10,13,17,19,24,27H,3-8,11-12,14H2,1-2H3,(H,25,26,28). The molecule has 168 valence electrons. The molecule has 0 bridgehead atoms. The Hall–Kier alpha value is -1.61. The zero-order valence-corrected chi connectivity index (χ0v) is 20.0. The molecule has 3 N–H and O–H groups in total. The second-order valence-electron chi connectivity index (χ2n) is 8.75. The lowest BCUT2D eigenvalue weighted by Gasteiger charge is -2.23. The Morgan fingerprint density at radius 1 is 1.23 bits per heavy atom. The van der Waals surface area contributed by atoms with Crippen LogP contribution in [-0.4, -0.2) is 34.2 Å². The van der Waals surface area contributed by atoms with Crippen molar-refractivity contribution >= 4 is 33.4 Å². The van der Waals surface area contributed by atoms with Crippen LogP contribution >= 0.6 is 11.3 Å². The minimum atomic E-state index is -1.26. The SMILES string of the molecule is Cc1ccc(-c2sc(NC(=O)CC3CCCC3)nc2C)cc1S(=O)NC1CCCNC1. The summed E-state index contributed by atoms with van der Waals surface area (Å²) in [6, 6.07) is 6.28. The van der Waals surface area contributed by atoms with Crippen LogP contribution in [0.15, 0.2) is 23.1 Å². The quantitative estimate of drug-likeness (QED) is 0.575. The van der Waals surface area contributed by atoms with Gasteiger partial charge in [0.15, 0.2) is 5.13 Å². The predicted octanol–water partition coefficient (Wildman–Crippen LogP) is 4.31. The molecule has 1 amide bonds. The number of hydrogen-bond acceptors (Lipinski definition) is 5. The molecule has 1 aromatic carbocycles. The van der Waals surface area contributed by atoms with Crippen molar-refractivity contribution in [3.63, 3.8) is 0 Å². The van der Waals surface area contributed by atoms with Crippen molar-refractivity contribution in [2.75, 3.05) is 18.4 Å². The molecule has 1 saturated heterocycles. The van der Waals surface area contributed by atoms with E-state index in [1.807, 2.05) is 32.0 Å². The molecule has 1 aliphatic carbocycles. The number of benzene rings is 1. The number of carbonyl (C=O) groups excluding carboxylic acids is 1. The molecule has 0 spiro atoms. The first-order valence-electron chi connectivity index (χ1n) is 11.3. The molecule has 2 heterocycles. The van der Waals surface area contributed by atoms with Crippen LogP contribution < -0.4 is 15.4 Å². The number of hydrogen-bond donors (Lipinski definition) is 3. The molecule has 2 aliphatic rings. The second kappa shape index (κ2) is 10.3. The van der Waals surface area contributed by atoms with Crippen molar-refractivity contribution < 1.29 is 9.00 Å². The van der Waals surface area contributed by atoms with Gasteiger partial charge in [-0.05, 0) is 69.2 Å². The molecule has 2 fully saturated rings. The summed E-state index contributed by atoms with van der Waals surface area (Å²) < 4.78 is 16.3. The fraction of sp³-hybridized carbons (Fsp3) is 0.565. The third kappa shape index (κ3) is 5.80. The summed E-state index contributed by atoms with van der Waals surface area (Å²) in [6.45, 7) is 5.83. The van der Waals surface area contributed by atoms with Crippen molar-refractivity contribution in [2.24, 2.45) is 5.92 Å². The summed E-state index contributed by atoms with van der Waals surface area (Å²) in [4.78, 5) is 18.8. The third-order valence-electron chi connectivity index (χ3n) is 6.21. The summed E-state index contributed by atoms with van der Waals surface area (Å²) in [5.41, 5.74) is 2.88. The van der Waals surface area contributed by atoms with E-state index in [1.165, 1.54) is 24.2 Å².